The summed E-state index contributed by atoms with van der Waals surface area (Å²) in [7, 11) is 6.91. The molecule has 0 unspecified atom stereocenters. The molecular formula is C36H56N8O7. The van der Waals surface area contributed by atoms with Crippen molar-refractivity contribution in [3.63, 3.8) is 0 Å². The molecule has 15 nitrogen and oxygen atoms in total. The summed E-state index contributed by atoms with van der Waals surface area (Å²) in [6.07, 6.45) is 2.18. The molecule has 4 amide bonds. The van der Waals surface area contributed by atoms with Crippen LogP contribution in [0.1, 0.15) is 43.2 Å². The predicted octanol–water partition coefficient (Wildman–Crippen LogP) is -1.01. The number of phenolic OH excluding ortho intramolecular Hbond substituents is 2. The summed E-state index contributed by atoms with van der Waals surface area (Å²) in [4.78, 5) is 55.0. The maximum atomic E-state index is 14.1. The molecule has 3 rings (SSSR count). The molecule has 2 aromatic carbocycles. The Labute approximate surface area is 300 Å². The van der Waals surface area contributed by atoms with E-state index in [0.717, 1.165) is 0 Å². The summed E-state index contributed by atoms with van der Waals surface area (Å²) in [5, 5.41) is 54.5. The molecule has 1 heterocycles. The van der Waals surface area contributed by atoms with E-state index in [1.165, 1.54) is 6.07 Å². The van der Waals surface area contributed by atoms with Crippen molar-refractivity contribution in [1.29, 1.82) is 0 Å². The van der Waals surface area contributed by atoms with Crippen LogP contribution in [0.3, 0.4) is 0 Å². The molecule has 11 N–H and O–H groups in total. The fourth-order valence-electron chi connectivity index (χ4n) is 5.97. The number of aliphatic hydroxyl groups is 1. The summed E-state index contributed by atoms with van der Waals surface area (Å²) in [5.41, 5.74) is 2.29. The molecule has 282 valence electrons. The molecule has 0 saturated heterocycles. The highest BCUT2D eigenvalue weighted by atomic mass is 16.3. The Bertz CT molecular complexity index is 1450. The van der Waals surface area contributed by atoms with E-state index < -0.39 is 47.8 Å². The van der Waals surface area contributed by atoms with Crippen LogP contribution in [0.15, 0.2) is 36.4 Å². The molecule has 2 aromatic rings. The maximum absolute atomic E-state index is 14.1. The normalized spacial score (nSPS) is 19.1. The van der Waals surface area contributed by atoms with Crippen molar-refractivity contribution >= 4 is 23.6 Å². The quantitative estimate of drug-likeness (QED) is 0.0892. The van der Waals surface area contributed by atoms with E-state index in [9.17, 15) is 34.5 Å². The van der Waals surface area contributed by atoms with Crippen molar-refractivity contribution in [3.05, 3.63) is 47.5 Å². The first-order chi connectivity index (χ1) is 24.5. The second-order valence-corrected chi connectivity index (χ2v) is 12.9. The number of nitrogens with one attached hydrogen (secondary N) is 8. The molecule has 1 aliphatic heterocycles. The second-order valence-electron chi connectivity index (χ2n) is 12.9. The SMILES string of the molecule is CNCCC[C@H](NC(=O)[C@@H]1Cc2cc(ccc2O)-c2ccc(O)c(c2)C[C@H](NC)C(=O)N[C@@H](CCCNC)C(=O)N1)C(=O)NCC[C@@H](CO)NC. The van der Waals surface area contributed by atoms with Crippen molar-refractivity contribution < 1.29 is 34.5 Å². The lowest BCUT2D eigenvalue weighted by molar-refractivity contribution is -0.134. The Balaban J connectivity index is 2.02. The standard InChI is InChI=1S/C36H56N8O7/c1-37-14-5-7-27(33(48)41-16-13-26(21-45)39-3)42-36(51)30-20-25-18-23(10-12-32(25)47)22-9-11-31(46)24(17-22)19-29(40-4)35(50)43-28(34(49)44-30)8-6-15-38-2/h9-12,17-18,26-30,37-40,45-47H,5-8,13-16,19-21H2,1-4H3,(H,41,48)(H,42,51)(H,43,50)(H,44,49)/t26-,27-,28-,29-,30-/m0/s1. The molecule has 0 spiro atoms. The molecule has 0 aliphatic carbocycles. The van der Waals surface area contributed by atoms with Gasteiger partial charge in [0.1, 0.15) is 29.6 Å². The van der Waals surface area contributed by atoms with Gasteiger partial charge in [-0.1, -0.05) is 12.1 Å². The zero-order valence-corrected chi connectivity index (χ0v) is 30.1. The minimum Gasteiger partial charge on any atom is -0.508 e. The monoisotopic (exact) mass is 712 g/mol. The summed E-state index contributed by atoms with van der Waals surface area (Å²) >= 11 is 0. The van der Waals surface area contributed by atoms with Crippen LogP contribution in [0.4, 0.5) is 0 Å². The zero-order chi connectivity index (χ0) is 37.3. The van der Waals surface area contributed by atoms with Crippen molar-refractivity contribution in [2.75, 3.05) is 54.4 Å². The van der Waals surface area contributed by atoms with E-state index in [0.29, 0.717) is 61.0 Å². The van der Waals surface area contributed by atoms with E-state index in [4.69, 9.17) is 0 Å². The number of hydrogen-bond donors (Lipinski definition) is 11. The highest BCUT2D eigenvalue weighted by Crippen LogP contribution is 2.31. The molecule has 0 radical (unpaired) electrons. The highest BCUT2D eigenvalue weighted by Gasteiger charge is 2.32. The number of aromatic hydroxyl groups is 2. The zero-order valence-electron chi connectivity index (χ0n) is 30.1. The Morgan fingerprint density at radius 3 is 2.04 bits per heavy atom. The average Bonchev–Trinajstić information content (AvgIpc) is 3.12. The van der Waals surface area contributed by atoms with Gasteiger partial charge in [0.25, 0.3) is 0 Å². The van der Waals surface area contributed by atoms with Crippen molar-refractivity contribution in [1.82, 2.24) is 42.5 Å². The minimum absolute atomic E-state index is 0.0127. The van der Waals surface area contributed by atoms with Gasteiger partial charge in [0.15, 0.2) is 0 Å². The van der Waals surface area contributed by atoms with Crippen molar-refractivity contribution in [2.24, 2.45) is 0 Å². The van der Waals surface area contributed by atoms with Gasteiger partial charge in [-0.25, -0.2) is 0 Å². The Morgan fingerprint density at radius 1 is 0.824 bits per heavy atom. The third-order valence-electron chi connectivity index (χ3n) is 9.16. The first kappa shape index (κ1) is 41.1. The lowest BCUT2D eigenvalue weighted by Crippen LogP contribution is -2.58. The van der Waals surface area contributed by atoms with Crippen LogP contribution in [-0.2, 0) is 32.0 Å². The van der Waals surface area contributed by atoms with Crippen LogP contribution in [0.5, 0.6) is 11.5 Å². The predicted molar refractivity (Wildman–Crippen MR) is 195 cm³/mol. The Kier molecular flexibility index (Phi) is 17.1. The third-order valence-corrected chi connectivity index (χ3v) is 9.16. The molecule has 5 atom stereocenters. The van der Waals surface area contributed by atoms with Crippen LogP contribution in [0.2, 0.25) is 0 Å². The fourth-order valence-corrected chi connectivity index (χ4v) is 5.97. The largest absolute Gasteiger partial charge is 0.508 e. The molecule has 15 heteroatoms. The number of fused-ring (bicyclic) bond motifs is 5. The number of likely N-dealkylation sites (N-methyl/N-ethyl adjacent to an activating group) is 2. The number of amides is 4. The average molecular weight is 713 g/mol. The molecular weight excluding hydrogens is 656 g/mol. The van der Waals surface area contributed by atoms with Gasteiger partial charge in [-0.05, 0) is 120 Å². The van der Waals surface area contributed by atoms with E-state index >= 15 is 0 Å². The van der Waals surface area contributed by atoms with Crippen LogP contribution in [0, 0.1) is 0 Å². The van der Waals surface area contributed by atoms with Gasteiger partial charge in [-0.2, -0.15) is 0 Å². The Morgan fingerprint density at radius 2 is 1.45 bits per heavy atom. The minimum atomic E-state index is -1.23. The summed E-state index contributed by atoms with van der Waals surface area (Å²) < 4.78 is 0. The smallest absolute Gasteiger partial charge is 0.243 e. The number of phenols is 2. The van der Waals surface area contributed by atoms with Gasteiger partial charge in [0.2, 0.25) is 23.6 Å². The van der Waals surface area contributed by atoms with Crippen molar-refractivity contribution in [3.8, 4) is 22.6 Å². The number of hydrogen-bond acceptors (Lipinski definition) is 11. The molecule has 0 aromatic heterocycles. The number of benzene rings is 2. The first-order valence-electron chi connectivity index (χ1n) is 17.6. The summed E-state index contributed by atoms with van der Waals surface area (Å²) in [6, 6.07) is 5.81. The number of aliphatic hydroxyl groups excluding tert-OH is 1. The maximum Gasteiger partial charge on any atom is 0.243 e. The molecule has 0 saturated carbocycles. The summed E-state index contributed by atoms with van der Waals surface area (Å²) in [6.45, 7) is 1.36. The number of carbonyl (C=O) groups excluding carboxylic acids is 4. The van der Waals surface area contributed by atoms with Crippen LogP contribution in [-0.4, -0.2) is 124 Å². The molecule has 0 fully saturated rings. The first-order valence-corrected chi connectivity index (χ1v) is 17.6. The topological polar surface area (TPSA) is 225 Å². The van der Waals surface area contributed by atoms with Gasteiger partial charge >= 0.3 is 0 Å². The van der Waals surface area contributed by atoms with E-state index in [1.807, 2.05) is 0 Å². The summed E-state index contributed by atoms with van der Waals surface area (Å²) in [5.74, 6) is -2.16. The second kappa shape index (κ2) is 21.2. The lowest BCUT2D eigenvalue weighted by atomic mass is 9.95. The lowest BCUT2D eigenvalue weighted by Gasteiger charge is -2.27. The molecule has 4 bridgehead atoms. The number of rotatable bonds is 17. The Hall–Kier alpha value is -4.28. The van der Waals surface area contributed by atoms with Gasteiger partial charge in [-0.15, -0.1) is 0 Å². The third kappa shape index (κ3) is 12.5. The van der Waals surface area contributed by atoms with Gasteiger partial charge in [0, 0.05) is 25.4 Å². The van der Waals surface area contributed by atoms with E-state index in [-0.39, 0.29) is 50.0 Å². The fraction of sp³-hybridized carbons (Fsp3) is 0.556. The van der Waals surface area contributed by atoms with Crippen LogP contribution >= 0.6 is 0 Å². The van der Waals surface area contributed by atoms with E-state index in [1.54, 1.807) is 58.5 Å². The van der Waals surface area contributed by atoms with Gasteiger partial charge in [-0.3, -0.25) is 19.2 Å². The molecule has 51 heavy (non-hydrogen) atoms. The number of carbonyl (C=O) groups is 4. The molecule has 1 aliphatic rings. The van der Waals surface area contributed by atoms with Gasteiger partial charge in [0.05, 0.1) is 12.6 Å². The van der Waals surface area contributed by atoms with Gasteiger partial charge < -0.3 is 57.9 Å². The van der Waals surface area contributed by atoms with E-state index in [2.05, 4.69) is 42.5 Å². The van der Waals surface area contributed by atoms with Crippen molar-refractivity contribution in [2.45, 2.75) is 75.2 Å². The van der Waals surface area contributed by atoms with Crippen LogP contribution in [0.25, 0.3) is 11.1 Å². The highest BCUT2D eigenvalue weighted by molar-refractivity contribution is 5.95. The van der Waals surface area contributed by atoms with Crippen LogP contribution < -0.4 is 42.5 Å².